The number of rotatable bonds is 5. The van der Waals surface area contributed by atoms with Crippen LogP contribution >= 0.6 is 0 Å². The van der Waals surface area contributed by atoms with Crippen molar-refractivity contribution < 1.29 is 23.1 Å². The van der Waals surface area contributed by atoms with Crippen LogP contribution in [0.3, 0.4) is 0 Å². The summed E-state index contributed by atoms with van der Waals surface area (Å²) >= 11 is 0. The zero-order valence-corrected chi connectivity index (χ0v) is 11.2. The molecule has 1 atom stereocenters. The highest BCUT2D eigenvalue weighted by Gasteiger charge is 2.20. The second kappa shape index (κ2) is 6.26. The average molecular weight is 290 g/mol. The van der Waals surface area contributed by atoms with Gasteiger partial charge in [0.05, 0.1) is 5.56 Å². The van der Waals surface area contributed by atoms with Gasteiger partial charge >= 0.3 is 0 Å². The van der Waals surface area contributed by atoms with Crippen LogP contribution in [-0.4, -0.2) is 18.2 Å². The monoisotopic (exact) mass is 290 g/mol. The van der Waals surface area contributed by atoms with Gasteiger partial charge in [-0.25, -0.2) is 8.78 Å². The van der Waals surface area contributed by atoms with Crippen molar-refractivity contribution in [1.29, 1.82) is 0 Å². The lowest BCUT2D eigenvalue weighted by Gasteiger charge is -2.14. The predicted molar refractivity (Wildman–Crippen MR) is 72.6 cm³/mol. The molecule has 5 heteroatoms. The molecule has 0 fully saturated rings. The molecule has 0 heterocycles. The van der Waals surface area contributed by atoms with Crippen LogP contribution in [0.25, 0.3) is 0 Å². The van der Waals surface area contributed by atoms with E-state index in [-0.39, 0.29) is 5.56 Å². The molecule has 21 heavy (non-hydrogen) atoms. The van der Waals surface area contributed by atoms with Crippen molar-refractivity contribution in [2.45, 2.75) is 13.0 Å². The number of hydrogen-bond acceptors (Lipinski definition) is 3. The molecule has 0 saturated carbocycles. The van der Waals surface area contributed by atoms with Crippen LogP contribution in [0.5, 0.6) is 5.75 Å². The molecule has 0 radical (unpaired) electrons. The van der Waals surface area contributed by atoms with E-state index in [1.165, 1.54) is 31.2 Å². The lowest BCUT2D eigenvalue weighted by Crippen LogP contribution is -2.24. The summed E-state index contributed by atoms with van der Waals surface area (Å²) in [7, 11) is 0. The second-order valence-electron chi connectivity index (χ2n) is 4.44. The predicted octanol–water partition coefficient (Wildman–Crippen LogP) is 3.43. The number of halogens is 2. The molecule has 0 N–H and O–H groups in total. The molecule has 0 aliphatic carbocycles. The van der Waals surface area contributed by atoms with Crippen LogP contribution < -0.4 is 4.74 Å². The van der Waals surface area contributed by atoms with Gasteiger partial charge in [-0.3, -0.25) is 9.59 Å². The van der Waals surface area contributed by atoms with Crippen LogP contribution in [0.4, 0.5) is 8.78 Å². The van der Waals surface area contributed by atoms with Crippen molar-refractivity contribution in [3.05, 3.63) is 65.2 Å². The van der Waals surface area contributed by atoms with E-state index < -0.39 is 23.5 Å². The van der Waals surface area contributed by atoms with Crippen LogP contribution in [0.15, 0.2) is 42.5 Å². The molecule has 0 amide bonds. The average Bonchev–Trinajstić information content (AvgIpc) is 2.47. The van der Waals surface area contributed by atoms with Crippen molar-refractivity contribution >= 4 is 12.1 Å². The van der Waals surface area contributed by atoms with Crippen molar-refractivity contribution in [1.82, 2.24) is 0 Å². The summed E-state index contributed by atoms with van der Waals surface area (Å²) in [6.07, 6.45) is -0.251. The molecule has 3 nitrogen and oxygen atoms in total. The van der Waals surface area contributed by atoms with E-state index in [4.69, 9.17) is 4.74 Å². The van der Waals surface area contributed by atoms with Gasteiger partial charge in [-0.2, -0.15) is 0 Å². The first kappa shape index (κ1) is 14.8. The first-order chi connectivity index (χ1) is 10.0. The molecule has 0 saturated heterocycles. The number of carbonyl (C=O) groups is 2. The van der Waals surface area contributed by atoms with Gasteiger partial charge in [0.2, 0.25) is 5.78 Å². The molecule has 2 aromatic carbocycles. The van der Waals surface area contributed by atoms with Gasteiger partial charge in [0.1, 0.15) is 23.7 Å². The fourth-order valence-electron chi connectivity index (χ4n) is 1.79. The molecule has 108 valence electrons. The topological polar surface area (TPSA) is 43.4 Å². The number of hydrogen-bond donors (Lipinski definition) is 0. The lowest BCUT2D eigenvalue weighted by molar-refractivity contribution is 0.0813. The number of aldehydes is 1. The normalized spacial score (nSPS) is 11.8. The number of ether oxygens (including phenoxy) is 1. The largest absolute Gasteiger partial charge is 0.483 e. The lowest BCUT2D eigenvalue weighted by atomic mass is 10.1. The maximum Gasteiger partial charge on any atom is 0.205 e. The van der Waals surface area contributed by atoms with Gasteiger partial charge in [-0.15, -0.1) is 0 Å². The second-order valence-corrected chi connectivity index (χ2v) is 4.44. The smallest absolute Gasteiger partial charge is 0.205 e. The Morgan fingerprint density at radius 1 is 1.14 bits per heavy atom. The third-order valence-corrected chi connectivity index (χ3v) is 2.89. The van der Waals surface area contributed by atoms with E-state index in [9.17, 15) is 18.4 Å². The van der Waals surface area contributed by atoms with Crippen LogP contribution in [-0.2, 0) is 0 Å². The Morgan fingerprint density at radius 2 is 1.81 bits per heavy atom. The van der Waals surface area contributed by atoms with E-state index in [2.05, 4.69) is 0 Å². The van der Waals surface area contributed by atoms with Gasteiger partial charge in [0, 0.05) is 11.6 Å². The highest BCUT2D eigenvalue weighted by Crippen LogP contribution is 2.17. The van der Waals surface area contributed by atoms with Crippen molar-refractivity contribution in [2.24, 2.45) is 0 Å². The molecule has 2 rings (SSSR count). The van der Waals surface area contributed by atoms with Gasteiger partial charge in [0.25, 0.3) is 0 Å². The Morgan fingerprint density at radius 3 is 2.38 bits per heavy atom. The molecule has 0 spiro atoms. The van der Waals surface area contributed by atoms with E-state index >= 15 is 0 Å². The fourth-order valence-corrected chi connectivity index (χ4v) is 1.79. The first-order valence-electron chi connectivity index (χ1n) is 6.22. The molecule has 0 bridgehead atoms. The first-order valence-corrected chi connectivity index (χ1v) is 6.22. The van der Waals surface area contributed by atoms with E-state index in [1.807, 2.05) is 0 Å². The molecule has 0 aromatic heterocycles. The minimum Gasteiger partial charge on any atom is -0.483 e. The van der Waals surface area contributed by atoms with Gasteiger partial charge in [-0.1, -0.05) is 0 Å². The van der Waals surface area contributed by atoms with E-state index in [1.54, 1.807) is 0 Å². The zero-order chi connectivity index (χ0) is 15.4. The van der Waals surface area contributed by atoms with E-state index in [0.29, 0.717) is 23.7 Å². The third kappa shape index (κ3) is 3.51. The van der Waals surface area contributed by atoms with Gasteiger partial charge in [-0.05, 0) is 43.3 Å². The number of carbonyl (C=O) groups excluding carboxylic acids is 2. The minimum atomic E-state index is -0.938. The van der Waals surface area contributed by atoms with E-state index in [0.717, 1.165) is 12.1 Å². The Balaban J connectivity index is 2.13. The molecule has 0 aliphatic rings. The number of benzene rings is 2. The zero-order valence-electron chi connectivity index (χ0n) is 11.2. The van der Waals surface area contributed by atoms with Crippen LogP contribution in [0.1, 0.15) is 27.6 Å². The van der Waals surface area contributed by atoms with Crippen molar-refractivity contribution in [3.8, 4) is 5.75 Å². The highest BCUT2D eigenvalue weighted by atomic mass is 19.1. The number of Topliss-reactive ketones (excluding diaryl/α,β-unsaturated/α-hetero) is 1. The molecular formula is C16H12F2O3. The molecular weight excluding hydrogens is 278 g/mol. The standard InChI is InChI=1S/C16H12F2O3/c1-10(21-13-5-2-11(9-19)3-6-13)16(20)14-7-4-12(17)8-15(14)18/h2-10H,1H3. The molecule has 0 aliphatic heterocycles. The SMILES string of the molecule is CC(Oc1ccc(C=O)cc1)C(=O)c1ccc(F)cc1F. The Bertz CT molecular complexity index is 666. The summed E-state index contributed by atoms with van der Waals surface area (Å²) in [5.41, 5.74) is 0.249. The van der Waals surface area contributed by atoms with Crippen molar-refractivity contribution in [2.75, 3.05) is 0 Å². The summed E-state index contributed by atoms with van der Waals surface area (Å²) in [6.45, 7) is 1.47. The summed E-state index contributed by atoms with van der Waals surface area (Å²) in [5, 5.41) is 0. The molecule has 1 unspecified atom stereocenters. The quantitative estimate of drug-likeness (QED) is 0.626. The molecule has 2 aromatic rings. The Labute approximate surface area is 120 Å². The maximum atomic E-state index is 13.5. The van der Waals surface area contributed by atoms with Crippen LogP contribution in [0, 0.1) is 11.6 Å². The summed E-state index contributed by atoms with van der Waals surface area (Å²) < 4.78 is 31.8. The number of ketones is 1. The maximum absolute atomic E-state index is 13.5. The summed E-state index contributed by atoms with van der Waals surface area (Å²) in [4.78, 5) is 22.6. The van der Waals surface area contributed by atoms with Gasteiger partial charge < -0.3 is 4.74 Å². The summed E-state index contributed by atoms with van der Waals surface area (Å²) in [5.74, 6) is -1.88. The van der Waals surface area contributed by atoms with Crippen molar-refractivity contribution in [3.63, 3.8) is 0 Å². The Hall–Kier alpha value is -2.56. The third-order valence-electron chi connectivity index (χ3n) is 2.89. The van der Waals surface area contributed by atoms with Crippen LogP contribution in [0.2, 0.25) is 0 Å². The Kier molecular flexibility index (Phi) is 4.42. The fraction of sp³-hybridized carbons (Fsp3) is 0.125. The van der Waals surface area contributed by atoms with Gasteiger partial charge in [0.15, 0.2) is 6.10 Å². The summed E-state index contributed by atoms with van der Waals surface area (Å²) in [6, 6.07) is 8.90. The highest BCUT2D eigenvalue weighted by molar-refractivity contribution is 5.99. The minimum absolute atomic E-state index is 0.228.